The molecule has 0 aliphatic carbocycles. The maximum Gasteiger partial charge on any atom is 0.251 e. The number of aliphatic hydroxyl groups excluding tert-OH is 1. The van der Waals surface area contributed by atoms with Gasteiger partial charge < -0.3 is 15.7 Å². The third kappa shape index (κ3) is 7.94. The first-order valence-electron chi connectivity index (χ1n) is 11.6. The maximum atomic E-state index is 13.7. The molecular formula is C27H30F2N2O4S. The number of carbonyl (C=O) groups is 1. The largest absolute Gasteiger partial charge is 0.390 e. The second-order valence-electron chi connectivity index (χ2n) is 8.73. The molecule has 1 amide bonds. The number of sulfone groups is 1. The van der Waals surface area contributed by atoms with Crippen LogP contribution < -0.4 is 10.6 Å². The predicted octanol–water partition coefficient (Wildman–Crippen LogP) is 3.42. The fourth-order valence-electron chi connectivity index (χ4n) is 3.84. The average molecular weight is 517 g/mol. The average Bonchev–Trinajstić information content (AvgIpc) is 2.82. The summed E-state index contributed by atoms with van der Waals surface area (Å²) in [6.07, 6.45) is 0.874. The Kier molecular flexibility index (Phi) is 9.31. The maximum absolute atomic E-state index is 13.7. The van der Waals surface area contributed by atoms with Crippen molar-refractivity contribution >= 4 is 15.7 Å². The van der Waals surface area contributed by atoms with E-state index in [1.165, 1.54) is 29.8 Å². The van der Waals surface area contributed by atoms with Gasteiger partial charge in [0.05, 0.1) is 17.0 Å². The van der Waals surface area contributed by atoms with Gasteiger partial charge in [-0.15, -0.1) is 0 Å². The molecule has 6 nitrogen and oxygen atoms in total. The zero-order chi connectivity index (χ0) is 26.3. The van der Waals surface area contributed by atoms with Crippen molar-refractivity contribution in [2.75, 3.05) is 12.8 Å². The minimum atomic E-state index is -3.42. The molecule has 3 rings (SSSR count). The lowest BCUT2D eigenvalue weighted by molar-refractivity contribution is 0.0829. The molecule has 0 radical (unpaired) electrons. The second kappa shape index (κ2) is 12.2. The van der Waals surface area contributed by atoms with Crippen LogP contribution in [-0.4, -0.2) is 44.4 Å². The van der Waals surface area contributed by atoms with Crippen LogP contribution in [0.1, 0.15) is 34.0 Å². The van der Waals surface area contributed by atoms with E-state index in [2.05, 4.69) is 23.6 Å². The molecule has 0 spiro atoms. The molecule has 0 saturated heterocycles. The number of carbonyl (C=O) groups excluding carboxylic acids is 1. The Morgan fingerprint density at radius 3 is 2.19 bits per heavy atom. The summed E-state index contributed by atoms with van der Waals surface area (Å²) in [5.74, 6) is -2.06. The third-order valence-electron chi connectivity index (χ3n) is 5.79. The number of halogens is 2. The van der Waals surface area contributed by atoms with Crippen molar-refractivity contribution in [2.45, 2.75) is 43.4 Å². The highest BCUT2D eigenvalue weighted by Gasteiger charge is 2.23. The second-order valence-corrected chi connectivity index (χ2v) is 10.7. The van der Waals surface area contributed by atoms with Crippen molar-refractivity contribution in [1.82, 2.24) is 10.6 Å². The predicted molar refractivity (Wildman–Crippen MR) is 134 cm³/mol. The molecule has 9 heteroatoms. The normalized spacial score (nSPS) is 13.2. The summed E-state index contributed by atoms with van der Waals surface area (Å²) < 4.78 is 50.8. The van der Waals surface area contributed by atoms with Gasteiger partial charge in [-0.05, 0) is 65.9 Å². The van der Waals surface area contributed by atoms with Crippen LogP contribution in [0.4, 0.5) is 8.78 Å². The van der Waals surface area contributed by atoms with Gasteiger partial charge in [0.25, 0.3) is 5.91 Å². The van der Waals surface area contributed by atoms with Crippen LogP contribution in [0.3, 0.4) is 0 Å². The number of nitrogens with one attached hydrogen (secondary N) is 2. The van der Waals surface area contributed by atoms with Crippen molar-refractivity contribution < 1.29 is 27.1 Å². The summed E-state index contributed by atoms with van der Waals surface area (Å²) in [4.78, 5) is 12.9. The first-order valence-corrected chi connectivity index (χ1v) is 13.5. The van der Waals surface area contributed by atoms with Gasteiger partial charge in [-0.1, -0.05) is 31.2 Å². The molecular weight excluding hydrogens is 486 g/mol. The van der Waals surface area contributed by atoms with Crippen molar-refractivity contribution in [1.29, 1.82) is 0 Å². The van der Waals surface area contributed by atoms with E-state index >= 15 is 0 Å². The molecule has 0 heterocycles. The topological polar surface area (TPSA) is 95.5 Å². The molecule has 3 N–H and O–H groups in total. The molecule has 3 aromatic carbocycles. The molecule has 3 aromatic rings. The molecule has 0 bridgehead atoms. The molecule has 2 atom stereocenters. The molecule has 0 unspecified atom stereocenters. The Morgan fingerprint density at radius 1 is 0.944 bits per heavy atom. The van der Waals surface area contributed by atoms with Crippen molar-refractivity contribution in [3.63, 3.8) is 0 Å². The van der Waals surface area contributed by atoms with Gasteiger partial charge in [0.15, 0.2) is 9.84 Å². The van der Waals surface area contributed by atoms with Crippen LogP contribution in [0.25, 0.3) is 0 Å². The van der Waals surface area contributed by atoms with Gasteiger partial charge in [-0.2, -0.15) is 0 Å². The minimum Gasteiger partial charge on any atom is -0.390 e. The smallest absolute Gasteiger partial charge is 0.251 e. The van der Waals surface area contributed by atoms with Crippen LogP contribution in [0.15, 0.2) is 71.6 Å². The van der Waals surface area contributed by atoms with Crippen LogP contribution in [0.5, 0.6) is 0 Å². The number of rotatable bonds is 11. The Balaban J connectivity index is 1.73. The van der Waals surface area contributed by atoms with E-state index in [1.54, 1.807) is 0 Å². The van der Waals surface area contributed by atoms with E-state index < -0.39 is 39.5 Å². The molecule has 0 aromatic heterocycles. The quantitative estimate of drug-likeness (QED) is 0.363. The third-order valence-corrected chi connectivity index (χ3v) is 6.91. The standard InChI is InChI=1S/C27H30F2N2O4S/c1-3-18-5-4-6-19(11-18)16-30-17-26(32)25(14-20-12-22(28)15-23(29)13-20)31-27(33)21-7-9-24(10-8-21)36(2,34)35/h4-13,15,25-26,30,32H,3,14,16-17H2,1-2H3,(H,31,33)/t25-,26+/m0/s1. The van der Waals surface area contributed by atoms with E-state index in [4.69, 9.17) is 0 Å². The van der Waals surface area contributed by atoms with E-state index in [9.17, 15) is 27.1 Å². The molecule has 0 fully saturated rings. The van der Waals surface area contributed by atoms with Crippen LogP contribution in [-0.2, 0) is 29.2 Å². The van der Waals surface area contributed by atoms with E-state index in [0.717, 1.165) is 36.4 Å². The lowest BCUT2D eigenvalue weighted by Gasteiger charge is -2.25. The molecule has 0 aliphatic rings. The van der Waals surface area contributed by atoms with Gasteiger partial charge in [0.2, 0.25) is 0 Å². The first-order chi connectivity index (χ1) is 17.0. The van der Waals surface area contributed by atoms with E-state index in [1.807, 2.05) is 18.2 Å². The van der Waals surface area contributed by atoms with Crippen molar-refractivity contribution in [2.24, 2.45) is 0 Å². The zero-order valence-corrected chi connectivity index (χ0v) is 21.0. The fourth-order valence-corrected chi connectivity index (χ4v) is 4.47. The fraction of sp³-hybridized carbons (Fsp3) is 0.296. The van der Waals surface area contributed by atoms with Crippen LogP contribution in [0.2, 0.25) is 0 Å². The first kappa shape index (κ1) is 27.4. The van der Waals surface area contributed by atoms with E-state index in [0.29, 0.717) is 6.54 Å². The monoisotopic (exact) mass is 516 g/mol. The molecule has 192 valence electrons. The Morgan fingerprint density at radius 2 is 1.58 bits per heavy atom. The summed E-state index contributed by atoms with van der Waals surface area (Å²) >= 11 is 0. The Hall–Kier alpha value is -3.14. The lowest BCUT2D eigenvalue weighted by Crippen LogP contribution is -2.48. The highest BCUT2D eigenvalue weighted by Crippen LogP contribution is 2.14. The summed E-state index contributed by atoms with van der Waals surface area (Å²) in [6, 6.07) is 15.6. The minimum absolute atomic E-state index is 0.0178. The van der Waals surface area contributed by atoms with Gasteiger partial charge >= 0.3 is 0 Å². The number of benzene rings is 3. The van der Waals surface area contributed by atoms with Gasteiger partial charge in [-0.3, -0.25) is 4.79 Å². The van der Waals surface area contributed by atoms with E-state index in [-0.39, 0.29) is 29.0 Å². The molecule has 0 saturated carbocycles. The summed E-state index contributed by atoms with van der Waals surface area (Å²) in [6.45, 7) is 2.67. The van der Waals surface area contributed by atoms with Crippen LogP contribution >= 0.6 is 0 Å². The van der Waals surface area contributed by atoms with Crippen molar-refractivity contribution in [3.8, 4) is 0 Å². The van der Waals surface area contributed by atoms with Gasteiger partial charge in [-0.25, -0.2) is 17.2 Å². The van der Waals surface area contributed by atoms with Gasteiger partial charge in [0.1, 0.15) is 11.6 Å². The number of aryl methyl sites for hydroxylation is 1. The number of hydrogen-bond acceptors (Lipinski definition) is 5. The Bertz CT molecular complexity index is 1280. The summed E-state index contributed by atoms with van der Waals surface area (Å²) in [5.41, 5.74) is 2.70. The Labute approximate surface area is 210 Å². The number of hydrogen-bond donors (Lipinski definition) is 3. The highest BCUT2D eigenvalue weighted by molar-refractivity contribution is 7.90. The molecule has 0 aliphatic heterocycles. The highest BCUT2D eigenvalue weighted by atomic mass is 32.2. The number of amides is 1. The lowest BCUT2D eigenvalue weighted by atomic mass is 10.00. The summed E-state index contributed by atoms with van der Waals surface area (Å²) in [5, 5.41) is 16.8. The molecule has 36 heavy (non-hydrogen) atoms. The van der Waals surface area contributed by atoms with Gasteiger partial charge in [0, 0.05) is 31.0 Å². The zero-order valence-electron chi connectivity index (χ0n) is 20.2. The summed E-state index contributed by atoms with van der Waals surface area (Å²) in [7, 11) is -3.42. The SMILES string of the molecule is CCc1cccc(CNC[C@@H](O)[C@H](Cc2cc(F)cc(F)c2)NC(=O)c2ccc(S(C)(=O)=O)cc2)c1. The van der Waals surface area contributed by atoms with Crippen LogP contribution in [0, 0.1) is 11.6 Å². The number of aliphatic hydroxyl groups is 1. The van der Waals surface area contributed by atoms with Crippen molar-refractivity contribution in [3.05, 3.63) is 101 Å².